The Bertz CT molecular complexity index is 648. The molecule has 1 aromatic heterocycles. The zero-order valence-corrected chi connectivity index (χ0v) is 13.9. The number of nitrogens with zero attached hydrogens (tertiary/aromatic N) is 3. The minimum absolute atomic E-state index is 0.0425. The van der Waals surface area contributed by atoms with Crippen molar-refractivity contribution >= 4 is 11.6 Å². The second-order valence-electron chi connectivity index (χ2n) is 6.78. The zero-order valence-electron chi connectivity index (χ0n) is 13.1. The molecule has 0 aliphatic heterocycles. The van der Waals surface area contributed by atoms with Crippen LogP contribution in [0.3, 0.4) is 0 Å². The van der Waals surface area contributed by atoms with Gasteiger partial charge < -0.3 is 5.11 Å². The Morgan fingerprint density at radius 1 is 1.39 bits per heavy atom. The first kappa shape index (κ1) is 16.4. The van der Waals surface area contributed by atoms with Gasteiger partial charge in [-0.3, -0.25) is 4.68 Å². The second-order valence-corrected chi connectivity index (χ2v) is 7.05. The Labute approximate surface area is 140 Å². The Kier molecular flexibility index (Phi) is 4.43. The van der Waals surface area contributed by atoms with Crippen LogP contribution in [0.1, 0.15) is 25.3 Å². The minimum atomic E-state index is -0.975. The average Bonchev–Trinajstić information content (AvgIpc) is 3.12. The van der Waals surface area contributed by atoms with Gasteiger partial charge in [-0.05, 0) is 42.9 Å². The third-order valence-electron chi connectivity index (χ3n) is 5.33. The minimum Gasteiger partial charge on any atom is -0.387 e. The molecular weight excluding hydrogens is 317 g/mol. The number of hydrogen-bond acceptors (Lipinski definition) is 3. The van der Waals surface area contributed by atoms with Gasteiger partial charge in [-0.15, -0.1) is 11.6 Å². The van der Waals surface area contributed by atoms with Crippen LogP contribution in [0.2, 0.25) is 0 Å². The molecule has 1 aromatic carbocycles. The lowest BCUT2D eigenvalue weighted by molar-refractivity contribution is -0.0891. The molecule has 0 amide bonds. The summed E-state index contributed by atoms with van der Waals surface area (Å²) in [5.41, 5.74) is -0.338. The monoisotopic (exact) mass is 337 g/mol. The van der Waals surface area contributed by atoms with Gasteiger partial charge in [0.1, 0.15) is 18.5 Å². The zero-order chi connectivity index (χ0) is 16.5. The van der Waals surface area contributed by atoms with E-state index in [1.54, 1.807) is 23.1 Å². The van der Waals surface area contributed by atoms with Crippen molar-refractivity contribution in [2.75, 3.05) is 5.88 Å². The van der Waals surface area contributed by atoms with Crippen LogP contribution < -0.4 is 0 Å². The van der Waals surface area contributed by atoms with Crippen molar-refractivity contribution in [3.8, 4) is 0 Å². The van der Waals surface area contributed by atoms with Gasteiger partial charge in [0, 0.05) is 11.3 Å². The summed E-state index contributed by atoms with van der Waals surface area (Å²) in [6.45, 7) is 2.39. The highest BCUT2D eigenvalue weighted by Gasteiger charge is 2.56. The maximum absolute atomic E-state index is 13.1. The summed E-state index contributed by atoms with van der Waals surface area (Å²) in [5, 5.41) is 15.6. The van der Waals surface area contributed by atoms with Crippen molar-refractivity contribution in [1.82, 2.24) is 14.8 Å². The largest absolute Gasteiger partial charge is 0.387 e. The molecule has 1 aliphatic rings. The molecule has 6 heteroatoms. The quantitative estimate of drug-likeness (QED) is 0.853. The lowest BCUT2D eigenvalue weighted by Crippen LogP contribution is -2.51. The summed E-state index contributed by atoms with van der Waals surface area (Å²) < 4.78 is 14.8. The van der Waals surface area contributed by atoms with Gasteiger partial charge >= 0.3 is 0 Å². The number of aliphatic hydroxyl groups is 1. The number of halogens is 2. The van der Waals surface area contributed by atoms with E-state index in [4.69, 9.17) is 11.6 Å². The molecule has 23 heavy (non-hydrogen) atoms. The molecule has 1 fully saturated rings. The van der Waals surface area contributed by atoms with Crippen LogP contribution in [0.25, 0.3) is 0 Å². The highest BCUT2D eigenvalue weighted by Crippen LogP contribution is 2.52. The first-order valence-electron chi connectivity index (χ1n) is 7.82. The molecule has 0 radical (unpaired) electrons. The fraction of sp³-hybridized carbons (Fsp3) is 0.529. The van der Waals surface area contributed by atoms with E-state index in [1.165, 1.54) is 18.5 Å². The third-order valence-corrected chi connectivity index (χ3v) is 5.91. The fourth-order valence-electron chi connectivity index (χ4n) is 3.68. The number of benzene rings is 1. The maximum Gasteiger partial charge on any atom is 0.137 e. The summed E-state index contributed by atoms with van der Waals surface area (Å²) in [6, 6.07) is 6.48. The fourth-order valence-corrected chi connectivity index (χ4v) is 4.05. The van der Waals surface area contributed by atoms with Gasteiger partial charge in [-0.25, -0.2) is 9.37 Å². The van der Waals surface area contributed by atoms with Crippen molar-refractivity contribution in [3.05, 3.63) is 48.3 Å². The molecule has 2 aromatic rings. The molecular formula is C17H21ClFN3O. The number of alkyl halides is 1. The SMILES string of the molecule is CC1(CCl)CC[C@@H](Cc2ccc(F)cc2)[C@]1(O)Cn1cncn1. The Balaban J connectivity index is 1.87. The van der Waals surface area contributed by atoms with Crippen LogP contribution in [0.15, 0.2) is 36.9 Å². The van der Waals surface area contributed by atoms with Gasteiger partial charge in [-0.2, -0.15) is 5.10 Å². The van der Waals surface area contributed by atoms with Crippen LogP contribution in [0.5, 0.6) is 0 Å². The Morgan fingerprint density at radius 3 is 2.74 bits per heavy atom. The van der Waals surface area contributed by atoms with Crippen molar-refractivity contribution in [1.29, 1.82) is 0 Å². The molecule has 0 bridgehead atoms. The van der Waals surface area contributed by atoms with Crippen LogP contribution in [0.4, 0.5) is 4.39 Å². The van der Waals surface area contributed by atoms with E-state index in [1.807, 2.05) is 6.92 Å². The maximum atomic E-state index is 13.1. The van der Waals surface area contributed by atoms with E-state index in [-0.39, 0.29) is 17.2 Å². The molecule has 1 aliphatic carbocycles. The Morgan fingerprint density at radius 2 is 2.13 bits per heavy atom. The highest BCUT2D eigenvalue weighted by molar-refractivity contribution is 6.18. The second kappa shape index (κ2) is 6.21. The molecule has 4 nitrogen and oxygen atoms in total. The molecule has 1 unspecified atom stereocenters. The highest BCUT2D eigenvalue weighted by atomic mass is 35.5. The van der Waals surface area contributed by atoms with Crippen molar-refractivity contribution in [2.24, 2.45) is 11.3 Å². The van der Waals surface area contributed by atoms with E-state index >= 15 is 0 Å². The van der Waals surface area contributed by atoms with E-state index in [2.05, 4.69) is 10.1 Å². The molecule has 3 rings (SSSR count). The predicted molar refractivity (Wildman–Crippen MR) is 86.6 cm³/mol. The molecule has 0 saturated heterocycles. The average molecular weight is 338 g/mol. The van der Waals surface area contributed by atoms with Gasteiger partial charge in [-0.1, -0.05) is 19.1 Å². The lowest BCUT2D eigenvalue weighted by Gasteiger charge is -2.42. The molecule has 1 saturated carbocycles. The molecule has 124 valence electrons. The topological polar surface area (TPSA) is 50.9 Å². The van der Waals surface area contributed by atoms with E-state index in [9.17, 15) is 9.50 Å². The van der Waals surface area contributed by atoms with E-state index < -0.39 is 5.60 Å². The summed E-state index contributed by atoms with van der Waals surface area (Å²) in [5.74, 6) is 0.183. The molecule has 0 spiro atoms. The summed E-state index contributed by atoms with van der Waals surface area (Å²) >= 11 is 6.21. The lowest BCUT2D eigenvalue weighted by atomic mass is 9.72. The molecule has 1 heterocycles. The van der Waals surface area contributed by atoms with Gasteiger partial charge in [0.25, 0.3) is 0 Å². The predicted octanol–water partition coefficient (Wildman–Crippen LogP) is 3.05. The Hall–Kier alpha value is -1.46. The van der Waals surface area contributed by atoms with Crippen molar-refractivity contribution in [2.45, 2.75) is 38.3 Å². The first-order chi connectivity index (χ1) is 11.0. The number of rotatable bonds is 5. The smallest absolute Gasteiger partial charge is 0.137 e. The van der Waals surface area contributed by atoms with E-state index in [0.29, 0.717) is 18.8 Å². The summed E-state index contributed by atoms with van der Waals surface area (Å²) in [6.07, 6.45) is 5.50. The summed E-state index contributed by atoms with van der Waals surface area (Å²) in [7, 11) is 0. The number of aromatic nitrogens is 3. The van der Waals surface area contributed by atoms with Gasteiger partial charge in [0.2, 0.25) is 0 Å². The number of hydrogen-bond donors (Lipinski definition) is 1. The van der Waals surface area contributed by atoms with E-state index in [0.717, 1.165) is 18.4 Å². The van der Waals surface area contributed by atoms with Gasteiger partial charge in [0.05, 0.1) is 12.1 Å². The van der Waals surface area contributed by atoms with Crippen LogP contribution in [-0.2, 0) is 13.0 Å². The molecule has 1 N–H and O–H groups in total. The van der Waals surface area contributed by atoms with Crippen molar-refractivity contribution in [3.63, 3.8) is 0 Å². The van der Waals surface area contributed by atoms with Crippen molar-refractivity contribution < 1.29 is 9.50 Å². The summed E-state index contributed by atoms with van der Waals surface area (Å²) in [4.78, 5) is 3.95. The molecule has 3 atom stereocenters. The van der Waals surface area contributed by atoms with Crippen LogP contribution in [0, 0.1) is 17.2 Å². The van der Waals surface area contributed by atoms with Crippen LogP contribution in [-0.4, -0.2) is 31.4 Å². The first-order valence-corrected chi connectivity index (χ1v) is 8.35. The third kappa shape index (κ3) is 3.00. The standard InChI is InChI=1S/C17H21ClFN3O/c1-16(9-18)7-6-14(8-13-2-4-15(19)5-3-13)17(16,23)10-22-12-20-11-21-22/h2-5,11-12,14,23H,6-10H2,1H3/t14-,16?,17+/m0/s1. The normalized spacial score (nSPS) is 30.7. The van der Waals surface area contributed by atoms with Crippen LogP contribution >= 0.6 is 11.6 Å². The van der Waals surface area contributed by atoms with Gasteiger partial charge in [0.15, 0.2) is 0 Å².